The maximum Gasteiger partial charge on any atom is 0.407 e. The number of hydrogen-bond acceptors (Lipinski definition) is 4. The predicted molar refractivity (Wildman–Crippen MR) is 59.7 cm³/mol. The summed E-state index contributed by atoms with van der Waals surface area (Å²) in [5.41, 5.74) is 6.67. The van der Waals surface area contributed by atoms with E-state index in [9.17, 15) is 4.79 Å². The molecule has 3 aliphatic rings. The Morgan fingerprint density at radius 3 is 2.94 bits per heavy atom. The molecule has 92 valence electrons. The second-order valence-corrected chi connectivity index (χ2v) is 4.65. The fraction of sp³-hybridized carbons (Fsp3) is 0.545. The van der Waals surface area contributed by atoms with Crippen molar-refractivity contribution < 1.29 is 14.6 Å². The summed E-state index contributed by atoms with van der Waals surface area (Å²) in [6.45, 7) is 1.10. The number of piperidine rings is 1. The third-order valence-electron chi connectivity index (χ3n) is 3.63. The molecule has 1 saturated heterocycles. The molecule has 3 aliphatic heterocycles. The van der Waals surface area contributed by atoms with Gasteiger partial charge in [-0.25, -0.2) is 4.79 Å². The summed E-state index contributed by atoms with van der Waals surface area (Å²) in [5.74, 6) is 0.833. The van der Waals surface area contributed by atoms with Crippen molar-refractivity contribution in [3.8, 4) is 0 Å². The van der Waals surface area contributed by atoms with Crippen LogP contribution in [-0.4, -0.2) is 34.8 Å². The predicted octanol–water partition coefficient (Wildman–Crippen LogP) is 0.752. The molecule has 3 rings (SSSR count). The Balaban J connectivity index is 1.72. The molecule has 3 heterocycles. The van der Waals surface area contributed by atoms with Crippen molar-refractivity contribution in [1.29, 1.82) is 0 Å². The van der Waals surface area contributed by atoms with E-state index in [0.717, 1.165) is 30.7 Å². The molecule has 0 atom stereocenters. The lowest BCUT2D eigenvalue weighted by Gasteiger charge is -2.42. The fourth-order valence-electron chi connectivity index (χ4n) is 2.53. The van der Waals surface area contributed by atoms with Gasteiger partial charge in [-0.15, -0.1) is 0 Å². The largest absolute Gasteiger partial charge is 0.483 e. The minimum absolute atomic E-state index is 0.213. The van der Waals surface area contributed by atoms with Gasteiger partial charge in [0.15, 0.2) is 5.76 Å². The van der Waals surface area contributed by atoms with Gasteiger partial charge in [0, 0.05) is 32.4 Å². The monoisotopic (exact) mass is 237 g/mol. The lowest BCUT2D eigenvalue weighted by atomic mass is 9.86. The molecular formula is C11H15N3O3. The van der Waals surface area contributed by atoms with Crippen LogP contribution >= 0.6 is 0 Å². The number of likely N-dealkylation sites (tertiary alicyclic amines) is 1. The summed E-state index contributed by atoms with van der Waals surface area (Å²) in [4.78, 5) is 12.3. The molecule has 0 aromatic heterocycles. The summed E-state index contributed by atoms with van der Waals surface area (Å²) in [7, 11) is 0. The van der Waals surface area contributed by atoms with E-state index in [1.54, 1.807) is 6.20 Å². The number of hydrogen-bond donors (Lipinski definition) is 3. The molecule has 0 aromatic rings. The van der Waals surface area contributed by atoms with Crippen LogP contribution in [0.5, 0.6) is 0 Å². The normalized spacial score (nSPS) is 25.1. The zero-order valence-corrected chi connectivity index (χ0v) is 9.40. The molecule has 0 unspecified atom stereocenters. The van der Waals surface area contributed by atoms with Crippen molar-refractivity contribution in [2.24, 2.45) is 0 Å². The Bertz CT molecular complexity index is 408. The zero-order chi connectivity index (χ0) is 11.9. The molecule has 0 aromatic carbocycles. The van der Waals surface area contributed by atoms with Gasteiger partial charge < -0.3 is 20.2 Å². The van der Waals surface area contributed by atoms with Crippen LogP contribution < -0.4 is 10.9 Å². The molecule has 3 N–H and O–H groups in total. The van der Waals surface area contributed by atoms with Gasteiger partial charge in [-0.2, -0.15) is 0 Å². The van der Waals surface area contributed by atoms with Crippen LogP contribution in [0.4, 0.5) is 4.79 Å². The Morgan fingerprint density at radius 1 is 1.47 bits per heavy atom. The van der Waals surface area contributed by atoms with Gasteiger partial charge in [0.2, 0.25) is 0 Å². The first-order valence-electron chi connectivity index (χ1n) is 5.78. The minimum Gasteiger partial charge on any atom is -0.483 e. The molecule has 17 heavy (non-hydrogen) atoms. The van der Waals surface area contributed by atoms with Crippen LogP contribution in [0.15, 0.2) is 23.7 Å². The highest BCUT2D eigenvalue weighted by atomic mass is 16.5. The Hall–Kier alpha value is -1.85. The lowest BCUT2D eigenvalue weighted by Crippen LogP contribution is -2.48. The summed E-state index contributed by atoms with van der Waals surface area (Å²) >= 11 is 0. The average Bonchev–Trinajstić information content (AvgIpc) is 2.76. The van der Waals surface area contributed by atoms with Crippen LogP contribution in [0.25, 0.3) is 0 Å². The third kappa shape index (κ3) is 1.69. The summed E-state index contributed by atoms with van der Waals surface area (Å²) in [6.07, 6.45) is 5.42. The molecule has 1 amide bonds. The number of carbonyl (C=O) groups is 1. The lowest BCUT2D eigenvalue weighted by molar-refractivity contribution is -0.0438. The molecule has 6 nitrogen and oxygen atoms in total. The van der Waals surface area contributed by atoms with Crippen LogP contribution in [0.3, 0.4) is 0 Å². The van der Waals surface area contributed by atoms with Crippen molar-refractivity contribution in [3.05, 3.63) is 23.7 Å². The highest BCUT2D eigenvalue weighted by molar-refractivity contribution is 5.65. The number of amides is 1. The van der Waals surface area contributed by atoms with Gasteiger partial charge in [0.05, 0.1) is 11.9 Å². The zero-order valence-electron chi connectivity index (χ0n) is 9.40. The molecule has 0 radical (unpaired) electrons. The maximum absolute atomic E-state index is 10.8. The van der Waals surface area contributed by atoms with Crippen molar-refractivity contribution in [3.63, 3.8) is 0 Å². The molecule has 6 heteroatoms. The number of ether oxygens (including phenoxy) is 1. The maximum atomic E-state index is 10.8. The van der Waals surface area contributed by atoms with Crippen LogP contribution in [-0.2, 0) is 4.74 Å². The molecule has 0 aliphatic carbocycles. The Labute approximate surface area is 98.9 Å². The number of carboxylic acid groups (broad SMARTS) is 1. The number of hydrazine groups is 1. The summed E-state index contributed by atoms with van der Waals surface area (Å²) in [5, 5.41) is 8.92. The number of nitrogens with one attached hydrogen (secondary N) is 2. The van der Waals surface area contributed by atoms with Gasteiger partial charge in [0.1, 0.15) is 5.60 Å². The Kier molecular flexibility index (Phi) is 2.17. The standard InChI is InChI=1S/C11H15N3O3/c15-10(16)14-5-3-11(4-6-14)2-1-8-9(17-11)7-12-13-8/h1,7,12-13H,2-6H2,(H,15,16). The van der Waals surface area contributed by atoms with E-state index in [1.807, 2.05) is 0 Å². The molecular weight excluding hydrogens is 222 g/mol. The highest BCUT2D eigenvalue weighted by Gasteiger charge is 2.41. The van der Waals surface area contributed by atoms with Gasteiger partial charge in [-0.1, -0.05) is 6.08 Å². The topological polar surface area (TPSA) is 73.8 Å². The molecule has 1 spiro atoms. The fourth-order valence-corrected chi connectivity index (χ4v) is 2.53. The summed E-state index contributed by atoms with van der Waals surface area (Å²) in [6, 6.07) is 0. The SMILES string of the molecule is O=C(O)N1CCC2(CC=C3NNC=C3O2)CC1. The van der Waals surface area contributed by atoms with E-state index >= 15 is 0 Å². The average molecular weight is 237 g/mol. The van der Waals surface area contributed by atoms with E-state index in [0.29, 0.717) is 13.1 Å². The summed E-state index contributed by atoms with van der Waals surface area (Å²) < 4.78 is 6.02. The molecule has 0 bridgehead atoms. The Morgan fingerprint density at radius 2 is 2.24 bits per heavy atom. The molecule has 0 saturated carbocycles. The number of rotatable bonds is 0. The minimum atomic E-state index is -0.838. The van der Waals surface area contributed by atoms with Crippen molar-refractivity contribution >= 4 is 6.09 Å². The first-order chi connectivity index (χ1) is 8.19. The second-order valence-electron chi connectivity index (χ2n) is 4.65. The quantitative estimate of drug-likeness (QED) is 0.580. The first-order valence-corrected chi connectivity index (χ1v) is 5.78. The van der Waals surface area contributed by atoms with Gasteiger partial charge in [0.25, 0.3) is 0 Å². The highest BCUT2D eigenvalue weighted by Crippen LogP contribution is 2.38. The van der Waals surface area contributed by atoms with E-state index in [1.165, 1.54) is 4.90 Å². The second kappa shape index (κ2) is 3.58. The van der Waals surface area contributed by atoms with Crippen molar-refractivity contribution in [1.82, 2.24) is 15.8 Å². The van der Waals surface area contributed by atoms with Crippen molar-refractivity contribution in [2.45, 2.75) is 24.9 Å². The van der Waals surface area contributed by atoms with Crippen LogP contribution in [0.2, 0.25) is 0 Å². The van der Waals surface area contributed by atoms with Gasteiger partial charge >= 0.3 is 6.09 Å². The van der Waals surface area contributed by atoms with Crippen molar-refractivity contribution in [2.75, 3.05) is 13.1 Å². The third-order valence-corrected chi connectivity index (χ3v) is 3.63. The number of nitrogens with zero attached hydrogens (tertiary/aromatic N) is 1. The first kappa shape index (κ1) is 10.3. The van der Waals surface area contributed by atoms with E-state index in [-0.39, 0.29) is 5.60 Å². The molecule has 1 fully saturated rings. The van der Waals surface area contributed by atoms with Gasteiger partial charge in [-0.05, 0) is 0 Å². The number of fused-ring (bicyclic) bond motifs is 1. The van der Waals surface area contributed by atoms with E-state index in [2.05, 4.69) is 16.9 Å². The van der Waals surface area contributed by atoms with E-state index < -0.39 is 6.09 Å². The van der Waals surface area contributed by atoms with Gasteiger partial charge in [-0.3, -0.25) is 5.43 Å². The van der Waals surface area contributed by atoms with Crippen LogP contribution in [0, 0.1) is 0 Å². The van der Waals surface area contributed by atoms with E-state index in [4.69, 9.17) is 9.84 Å². The van der Waals surface area contributed by atoms with Crippen LogP contribution in [0.1, 0.15) is 19.3 Å². The smallest absolute Gasteiger partial charge is 0.407 e.